The van der Waals surface area contributed by atoms with Gasteiger partial charge in [-0.2, -0.15) is 5.10 Å². The Labute approximate surface area is 181 Å². The number of methoxy groups -OCH3 is 1. The first-order valence-electron chi connectivity index (χ1n) is 9.90. The number of ether oxygens (including phenoxy) is 1. The van der Waals surface area contributed by atoms with Gasteiger partial charge in [0.2, 0.25) is 0 Å². The van der Waals surface area contributed by atoms with Crippen LogP contribution in [0.2, 0.25) is 0 Å². The maximum atomic E-state index is 5.29. The van der Waals surface area contributed by atoms with Crippen LogP contribution in [0.3, 0.4) is 0 Å². The third kappa shape index (κ3) is 2.95. The molecule has 154 valence electrons. The number of hydrogen-bond donors (Lipinski definition) is 2. The monoisotopic (exact) mass is 420 g/mol. The minimum absolute atomic E-state index is 0.595. The molecular weight excluding hydrogens is 404 g/mol. The Bertz CT molecular complexity index is 1570. The third-order valence-corrected chi connectivity index (χ3v) is 5.26. The van der Waals surface area contributed by atoms with Gasteiger partial charge in [-0.1, -0.05) is 6.07 Å². The van der Waals surface area contributed by atoms with Crippen molar-refractivity contribution in [3.63, 3.8) is 0 Å². The molecule has 32 heavy (non-hydrogen) atoms. The number of hydrogen-bond acceptors (Lipinski definition) is 7. The van der Waals surface area contributed by atoms with Crippen LogP contribution >= 0.6 is 0 Å². The highest BCUT2D eigenvalue weighted by atomic mass is 16.5. The average molecular weight is 420 g/mol. The number of fused-ring (bicyclic) bond motifs is 2. The minimum atomic E-state index is 0.595. The van der Waals surface area contributed by atoms with E-state index >= 15 is 0 Å². The van der Waals surface area contributed by atoms with Gasteiger partial charge in [0.1, 0.15) is 11.4 Å². The zero-order chi connectivity index (χ0) is 21.5. The zero-order valence-electron chi connectivity index (χ0n) is 16.9. The quantitative estimate of drug-likeness (QED) is 0.442. The molecule has 0 fully saturated rings. The Kier molecular flexibility index (Phi) is 4.10. The molecule has 0 radical (unpaired) electrons. The highest BCUT2D eigenvalue weighted by molar-refractivity contribution is 5.95. The van der Waals surface area contributed by atoms with Crippen LogP contribution < -0.4 is 4.74 Å². The largest absolute Gasteiger partial charge is 0.495 e. The summed E-state index contributed by atoms with van der Waals surface area (Å²) in [5, 5.41) is 8.24. The van der Waals surface area contributed by atoms with E-state index in [2.05, 4.69) is 35.1 Å². The summed E-state index contributed by atoms with van der Waals surface area (Å²) in [6.45, 7) is 0. The molecule has 0 aromatic carbocycles. The van der Waals surface area contributed by atoms with Gasteiger partial charge in [-0.25, -0.2) is 15.0 Å². The van der Waals surface area contributed by atoms with Gasteiger partial charge in [0.25, 0.3) is 0 Å². The van der Waals surface area contributed by atoms with Crippen molar-refractivity contribution in [1.29, 1.82) is 0 Å². The third-order valence-electron chi connectivity index (χ3n) is 5.26. The topological polar surface area (TPSA) is 118 Å². The fraction of sp³-hybridized carbons (Fsp3) is 0.0435. The van der Waals surface area contributed by atoms with Gasteiger partial charge in [0.05, 0.1) is 29.9 Å². The summed E-state index contributed by atoms with van der Waals surface area (Å²) in [5.74, 6) is 1.31. The Morgan fingerprint density at radius 1 is 0.875 bits per heavy atom. The number of rotatable bonds is 4. The van der Waals surface area contributed by atoms with E-state index in [1.807, 2.05) is 36.4 Å². The van der Waals surface area contributed by atoms with Gasteiger partial charge in [0.15, 0.2) is 17.1 Å². The second kappa shape index (κ2) is 7.24. The van der Waals surface area contributed by atoms with E-state index in [0.29, 0.717) is 22.9 Å². The van der Waals surface area contributed by atoms with Crippen molar-refractivity contribution in [1.82, 2.24) is 40.1 Å². The summed E-state index contributed by atoms with van der Waals surface area (Å²) in [6, 6.07) is 11.7. The van der Waals surface area contributed by atoms with E-state index in [1.165, 1.54) is 0 Å². The molecule has 6 aromatic rings. The molecular formula is C23H16N8O. The van der Waals surface area contributed by atoms with Gasteiger partial charge < -0.3 is 9.72 Å². The Balaban J connectivity index is 1.50. The summed E-state index contributed by atoms with van der Waals surface area (Å²) in [6.07, 6.45) is 8.71. The van der Waals surface area contributed by atoms with Crippen molar-refractivity contribution < 1.29 is 4.74 Å². The van der Waals surface area contributed by atoms with Crippen LogP contribution in [-0.4, -0.2) is 47.2 Å². The molecule has 0 atom stereocenters. The summed E-state index contributed by atoms with van der Waals surface area (Å²) in [4.78, 5) is 25.7. The predicted molar refractivity (Wildman–Crippen MR) is 120 cm³/mol. The number of aromatic amines is 2. The van der Waals surface area contributed by atoms with Crippen LogP contribution in [0.25, 0.3) is 56.1 Å². The molecule has 0 aliphatic rings. The molecule has 0 unspecified atom stereocenters. The average Bonchev–Trinajstić information content (AvgIpc) is 3.48. The molecule has 6 heterocycles. The lowest BCUT2D eigenvalue weighted by molar-refractivity contribution is 0.413. The van der Waals surface area contributed by atoms with Crippen molar-refractivity contribution in [3.05, 3.63) is 67.4 Å². The maximum Gasteiger partial charge on any atom is 0.181 e. The van der Waals surface area contributed by atoms with E-state index in [9.17, 15) is 0 Å². The lowest BCUT2D eigenvalue weighted by atomic mass is 10.1. The van der Waals surface area contributed by atoms with Crippen LogP contribution in [0.4, 0.5) is 0 Å². The molecule has 0 spiro atoms. The molecule has 9 nitrogen and oxygen atoms in total. The number of nitrogens with one attached hydrogen (secondary N) is 2. The summed E-state index contributed by atoms with van der Waals surface area (Å²) < 4.78 is 5.29. The predicted octanol–water partition coefficient (Wildman–Crippen LogP) is 4.03. The minimum Gasteiger partial charge on any atom is -0.495 e. The summed E-state index contributed by atoms with van der Waals surface area (Å²) in [7, 11) is 1.62. The van der Waals surface area contributed by atoms with Gasteiger partial charge in [0, 0.05) is 41.5 Å². The number of pyridine rings is 4. The second-order valence-electron chi connectivity index (χ2n) is 7.16. The molecule has 6 aromatic heterocycles. The molecule has 0 aliphatic heterocycles. The fourth-order valence-corrected chi connectivity index (χ4v) is 3.69. The van der Waals surface area contributed by atoms with Gasteiger partial charge in [-0.15, -0.1) is 0 Å². The van der Waals surface area contributed by atoms with Crippen molar-refractivity contribution in [3.8, 4) is 39.7 Å². The van der Waals surface area contributed by atoms with E-state index in [1.54, 1.807) is 38.1 Å². The van der Waals surface area contributed by atoms with Crippen LogP contribution in [0.1, 0.15) is 0 Å². The van der Waals surface area contributed by atoms with Crippen molar-refractivity contribution in [2.24, 2.45) is 0 Å². The molecule has 9 heteroatoms. The highest BCUT2D eigenvalue weighted by Gasteiger charge is 2.17. The number of nitrogens with zero attached hydrogens (tertiary/aromatic N) is 6. The van der Waals surface area contributed by atoms with Crippen LogP contribution in [0.15, 0.2) is 67.4 Å². The van der Waals surface area contributed by atoms with E-state index < -0.39 is 0 Å². The molecule has 2 N–H and O–H groups in total. The maximum absolute atomic E-state index is 5.29. The van der Waals surface area contributed by atoms with E-state index in [0.717, 1.165) is 39.0 Å². The summed E-state index contributed by atoms with van der Waals surface area (Å²) in [5.41, 5.74) is 6.31. The first-order chi connectivity index (χ1) is 15.8. The zero-order valence-corrected chi connectivity index (χ0v) is 16.9. The second-order valence-corrected chi connectivity index (χ2v) is 7.16. The Hall–Kier alpha value is -4.66. The standard InChI is InChI=1S/C23H16N8O/c1-32-15-8-13(10-24-12-15)14-9-17-20(30-31-21(17)27-11-14)23-28-19-16(5-7-26-22(19)29-23)18-4-2-3-6-25-18/h2-12H,1H3,(H,26,28,29)(H,27,30,31). The van der Waals surface area contributed by atoms with Crippen molar-refractivity contribution in [2.45, 2.75) is 0 Å². The van der Waals surface area contributed by atoms with Crippen LogP contribution in [0.5, 0.6) is 5.75 Å². The lowest BCUT2D eigenvalue weighted by Crippen LogP contribution is -1.88. The van der Waals surface area contributed by atoms with E-state index in [4.69, 9.17) is 9.72 Å². The Morgan fingerprint density at radius 2 is 1.81 bits per heavy atom. The van der Waals surface area contributed by atoms with E-state index in [-0.39, 0.29) is 0 Å². The van der Waals surface area contributed by atoms with Gasteiger partial charge >= 0.3 is 0 Å². The molecule has 6 rings (SSSR count). The highest BCUT2D eigenvalue weighted by Crippen LogP contribution is 2.31. The number of imidazole rings is 1. The molecule has 0 amide bonds. The SMILES string of the molecule is COc1cncc(-c2cnc3n[nH]c(-c4nc5nccc(-c6ccccn6)c5[nH]4)c3c2)c1. The smallest absolute Gasteiger partial charge is 0.181 e. The van der Waals surface area contributed by atoms with Crippen molar-refractivity contribution >= 4 is 22.2 Å². The fourth-order valence-electron chi connectivity index (χ4n) is 3.69. The lowest BCUT2D eigenvalue weighted by Gasteiger charge is -2.04. The van der Waals surface area contributed by atoms with Crippen molar-refractivity contribution in [2.75, 3.05) is 7.11 Å². The molecule has 0 bridgehead atoms. The Morgan fingerprint density at radius 3 is 2.69 bits per heavy atom. The molecule has 0 saturated carbocycles. The first kappa shape index (κ1) is 18.1. The number of aromatic nitrogens is 8. The van der Waals surface area contributed by atoms with Gasteiger partial charge in [-0.3, -0.25) is 15.1 Å². The molecule has 0 saturated heterocycles. The number of H-pyrrole nitrogens is 2. The molecule has 0 aliphatic carbocycles. The van der Waals surface area contributed by atoms with Crippen LogP contribution in [-0.2, 0) is 0 Å². The summed E-state index contributed by atoms with van der Waals surface area (Å²) >= 11 is 0. The van der Waals surface area contributed by atoms with Gasteiger partial charge in [-0.05, 0) is 30.3 Å². The van der Waals surface area contributed by atoms with Crippen LogP contribution in [0, 0.1) is 0 Å². The first-order valence-corrected chi connectivity index (χ1v) is 9.90. The normalized spacial score (nSPS) is 11.3.